The van der Waals surface area contributed by atoms with Gasteiger partial charge in [0.05, 0.1) is 12.5 Å². The average molecular weight is 471 g/mol. The van der Waals surface area contributed by atoms with Gasteiger partial charge in [-0.3, -0.25) is 4.79 Å². The van der Waals surface area contributed by atoms with E-state index >= 15 is 0 Å². The number of anilines is 1. The van der Waals surface area contributed by atoms with E-state index in [0.29, 0.717) is 37.3 Å². The van der Waals surface area contributed by atoms with Gasteiger partial charge < -0.3 is 19.4 Å². The zero-order valence-corrected chi connectivity index (χ0v) is 20.6. The van der Waals surface area contributed by atoms with Crippen LogP contribution in [-0.2, 0) is 16.3 Å². The molecule has 0 radical (unpaired) electrons. The number of amides is 1. The van der Waals surface area contributed by atoms with Crippen molar-refractivity contribution in [3.63, 3.8) is 0 Å². The van der Waals surface area contributed by atoms with Crippen LogP contribution in [0.1, 0.15) is 13.3 Å². The van der Waals surface area contributed by atoms with Crippen molar-refractivity contribution in [2.45, 2.75) is 51.9 Å². The highest BCUT2D eigenvalue weighted by Gasteiger charge is 2.43. The minimum absolute atomic E-state index is 0.279. The minimum Gasteiger partial charge on any atom is -0.478 e. The molecule has 3 heterocycles. The van der Waals surface area contributed by atoms with Crippen LogP contribution in [0.15, 0.2) is 36.7 Å². The summed E-state index contributed by atoms with van der Waals surface area (Å²) < 4.78 is 26.9. The fourth-order valence-corrected chi connectivity index (χ4v) is 4.35. The van der Waals surface area contributed by atoms with E-state index in [2.05, 4.69) is 34.9 Å². The summed E-state index contributed by atoms with van der Waals surface area (Å²) in [4.78, 5) is 21.3. The Kier molecular flexibility index (Phi) is 6.80. The molecule has 3 aromatic heterocycles. The lowest BCUT2D eigenvalue weighted by Gasteiger charge is -2.15. The molecule has 9 heteroatoms. The molecule has 176 valence electrons. The van der Waals surface area contributed by atoms with Crippen LogP contribution in [0.3, 0.4) is 0 Å². The van der Waals surface area contributed by atoms with Crippen molar-refractivity contribution >= 4 is 30.8 Å². The van der Waals surface area contributed by atoms with Crippen molar-refractivity contribution in [2.75, 3.05) is 18.5 Å². The first-order chi connectivity index (χ1) is 15.8. The summed E-state index contributed by atoms with van der Waals surface area (Å²) in [6.45, 7) is 10.4. The zero-order valence-electron chi connectivity index (χ0n) is 19.6. The van der Waals surface area contributed by atoms with Gasteiger partial charge in [0.2, 0.25) is 11.8 Å². The Bertz CT molecular complexity index is 1140. The highest BCUT2D eigenvalue weighted by molar-refractivity contribution is 6.76. The van der Waals surface area contributed by atoms with Crippen LogP contribution in [0.5, 0.6) is 5.88 Å². The third kappa shape index (κ3) is 5.59. The standard InChI is InChI=1S/C24H31FN4O3Si/c1-5-32-24-17(7-6-10-26-24)19-14-29(15-31-11-12-33(2,3)4)22-16(19)8-9-21(27-22)28-23(30)18-13-20(18)25/h6-10,14,18,20H,5,11-13,15H2,1-4H3,(H,27,28,30)/t18-,20+/m0/s1. The second-order valence-electron chi connectivity index (χ2n) is 9.56. The summed E-state index contributed by atoms with van der Waals surface area (Å²) in [6.07, 6.45) is 2.91. The Morgan fingerprint density at radius 3 is 2.76 bits per heavy atom. The number of ether oxygens (including phenoxy) is 2. The smallest absolute Gasteiger partial charge is 0.231 e. The van der Waals surface area contributed by atoms with Crippen LogP contribution in [0.2, 0.25) is 25.7 Å². The van der Waals surface area contributed by atoms with Crippen molar-refractivity contribution in [3.05, 3.63) is 36.7 Å². The van der Waals surface area contributed by atoms with Gasteiger partial charge in [-0.2, -0.15) is 0 Å². The average Bonchev–Trinajstić information content (AvgIpc) is 3.40. The molecular formula is C24H31FN4O3Si. The number of carbonyl (C=O) groups is 1. The molecular weight excluding hydrogens is 439 g/mol. The lowest BCUT2D eigenvalue weighted by molar-refractivity contribution is -0.117. The molecule has 7 nitrogen and oxygen atoms in total. The van der Waals surface area contributed by atoms with E-state index in [4.69, 9.17) is 9.47 Å². The number of halogens is 1. The molecule has 0 aromatic carbocycles. The van der Waals surface area contributed by atoms with E-state index in [9.17, 15) is 9.18 Å². The molecule has 1 amide bonds. The quantitative estimate of drug-likeness (QED) is 0.329. The number of fused-ring (bicyclic) bond motifs is 1. The zero-order chi connectivity index (χ0) is 23.6. The van der Waals surface area contributed by atoms with Gasteiger partial charge in [0.1, 0.15) is 24.4 Å². The van der Waals surface area contributed by atoms with Gasteiger partial charge >= 0.3 is 0 Å². The monoisotopic (exact) mass is 470 g/mol. The predicted molar refractivity (Wildman–Crippen MR) is 130 cm³/mol. The van der Waals surface area contributed by atoms with E-state index in [0.717, 1.165) is 22.6 Å². The summed E-state index contributed by atoms with van der Waals surface area (Å²) >= 11 is 0. The first-order valence-corrected chi connectivity index (χ1v) is 15.1. The molecule has 1 aliphatic carbocycles. The Balaban J connectivity index is 1.67. The van der Waals surface area contributed by atoms with E-state index < -0.39 is 20.2 Å². The molecule has 0 saturated heterocycles. The normalized spacial score (nSPS) is 17.8. The number of hydrogen-bond donors (Lipinski definition) is 1. The van der Waals surface area contributed by atoms with Gasteiger partial charge in [0.15, 0.2) is 0 Å². The van der Waals surface area contributed by atoms with E-state index in [-0.39, 0.29) is 12.3 Å². The van der Waals surface area contributed by atoms with E-state index in [1.165, 1.54) is 0 Å². The van der Waals surface area contributed by atoms with Gasteiger partial charge in [-0.05, 0) is 43.7 Å². The number of hydrogen-bond acceptors (Lipinski definition) is 5. The van der Waals surface area contributed by atoms with Crippen LogP contribution in [0, 0.1) is 5.92 Å². The molecule has 0 spiro atoms. The fraction of sp³-hybridized carbons (Fsp3) is 0.458. The van der Waals surface area contributed by atoms with Gasteiger partial charge in [-0.1, -0.05) is 19.6 Å². The highest BCUT2D eigenvalue weighted by atomic mass is 28.3. The van der Waals surface area contributed by atoms with E-state index in [1.807, 2.05) is 35.9 Å². The maximum absolute atomic E-state index is 13.3. The summed E-state index contributed by atoms with van der Waals surface area (Å²) in [5, 5.41) is 3.64. The van der Waals surface area contributed by atoms with Crippen molar-refractivity contribution in [3.8, 4) is 17.0 Å². The molecule has 1 N–H and O–H groups in total. The van der Waals surface area contributed by atoms with Crippen LogP contribution in [-0.4, -0.2) is 47.9 Å². The summed E-state index contributed by atoms with van der Waals surface area (Å²) in [7, 11) is -1.20. The minimum atomic E-state index is -1.20. The van der Waals surface area contributed by atoms with Gasteiger partial charge in [-0.15, -0.1) is 0 Å². The van der Waals surface area contributed by atoms with Crippen molar-refractivity contribution in [1.82, 2.24) is 14.5 Å². The topological polar surface area (TPSA) is 78.3 Å². The lowest BCUT2D eigenvalue weighted by Crippen LogP contribution is -2.22. The molecule has 1 aliphatic rings. The third-order valence-corrected chi connectivity index (χ3v) is 7.30. The largest absolute Gasteiger partial charge is 0.478 e. The SMILES string of the molecule is CCOc1ncccc1-c1cn(COCC[Si](C)(C)C)c2nc(NC(=O)[C@H]3C[C@H]3F)ccc12. The number of aromatic nitrogens is 3. The van der Waals surface area contributed by atoms with Crippen LogP contribution in [0.25, 0.3) is 22.2 Å². The van der Waals surface area contributed by atoms with Gasteiger partial charge in [-0.25, -0.2) is 14.4 Å². The van der Waals surface area contributed by atoms with Crippen LogP contribution in [0.4, 0.5) is 10.2 Å². The second kappa shape index (κ2) is 9.60. The molecule has 0 bridgehead atoms. The first-order valence-electron chi connectivity index (χ1n) is 11.4. The Hall–Kier alpha value is -2.78. The summed E-state index contributed by atoms with van der Waals surface area (Å²) in [5.41, 5.74) is 2.46. The van der Waals surface area contributed by atoms with Gasteiger partial charge in [0.25, 0.3) is 0 Å². The Morgan fingerprint density at radius 1 is 1.27 bits per heavy atom. The molecule has 1 fully saturated rings. The van der Waals surface area contributed by atoms with Crippen LogP contribution < -0.4 is 10.1 Å². The van der Waals surface area contributed by atoms with Crippen LogP contribution >= 0.6 is 0 Å². The molecule has 33 heavy (non-hydrogen) atoms. The molecule has 0 unspecified atom stereocenters. The van der Waals surface area contributed by atoms with Crippen molar-refractivity contribution in [2.24, 2.45) is 5.92 Å². The number of nitrogens with zero attached hydrogens (tertiary/aromatic N) is 3. The molecule has 1 saturated carbocycles. The molecule has 3 aromatic rings. The number of carbonyl (C=O) groups excluding carboxylic acids is 1. The number of alkyl halides is 1. The second-order valence-corrected chi connectivity index (χ2v) is 15.2. The Labute approximate surface area is 194 Å². The fourth-order valence-electron chi connectivity index (χ4n) is 3.59. The first kappa shape index (κ1) is 23.4. The van der Waals surface area contributed by atoms with E-state index in [1.54, 1.807) is 12.3 Å². The van der Waals surface area contributed by atoms with Gasteiger partial charge in [0, 0.05) is 43.6 Å². The predicted octanol–water partition coefficient (Wildman–Crippen LogP) is 5.11. The molecule has 0 aliphatic heterocycles. The van der Waals surface area contributed by atoms with Crippen molar-refractivity contribution < 1.29 is 18.7 Å². The molecule has 4 rings (SSSR count). The molecule has 2 atom stereocenters. The number of rotatable bonds is 10. The number of pyridine rings is 2. The highest BCUT2D eigenvalue weighted by Crippen LogP contribution is 2.37. The third-order valence-electron chi connectivity index (χ3n) is 5.59. The lowest BCUT2D eigenvalue weighted by atomic mass is 10.1. The number of nitrogens with one attached hydrogen (secondary N) is 1. The van der Waals surface area contributed by atoms with Crippen molar-refractivity contribution in [1.29, 1.82) is 0 Å². The maximum atomic E-state index is 13.3. The summed E-state index contributed by atoms with van der Waals surface area (Å²) in [6, 6.07) is 8.56. The summed E-state index contributed by atoms with van der Waals surface area (Å²) in [5.74, 6) is 0.0541. The Morgan fingerprint density at radius 2 is 2.06 bits per heavy atom. The maximum Gasteiger partial charge on any atom is 0.231 e.